The lowest BCUT2D eigenvalue weighted by Crippen LogP contribution is -2.36. The van der Waals surface area contributed by atoms with Crippen LogP contribution in [0.15, 0.2) is 6.07 Å². The van der Waals surface area contributed by atoms with Crippen LogP contribution in [0.3, 0.4) is 0 Å². The molecule has 1 saturated heterocycles. The Bertz CT molecular complexity index is 473. The number of amides is 1. The normalized spacial score (nSPS) is 16.1. The quantitative estimate of drug-likeness (QED) is 0.826. The van der Waals surface area contributed by atoms with Gasteiger partial charge in [-0.15, -0.1) is 0 Å². The number of rotatable bonds is 2. The third-order valence-electron chi connectivity index (χ3n) is 2.63. The molecular weight excluding hydrogens is 222 g/mol. The Balaban J connectivity index is 2.37. The first-order valence-corrected chi connectivity index (χ1v) is 5.47. The highest BCUT2D eigenvalue weighted by atomic mass is 16.4. The van der Waals surface area contributed by atoms with Crippen molar-refractivity contribution < 1.29 is 14.7 Å². The number of piperidine rings is 1. The first-order valence-electron chi connectivity index (χ1n) is 5.47. The lowest BCUT2D eigenvalue weighted by Gasteiger charge is -2.25. The van der Waals surface area contributed by atoms with E-state index in [2.05, 4.69) is 9.97 Å². The molecule has 17 heavy (non-hydrogen) atoms. The topological polar surface area (TPSA) is 83.4 Å². The number of anilines is 1. The van der Waals surface area contributed by atoms with Crippen LogP contribution >= 0.6 is 0 Å². The summed E-state index contributed by atoms with van der Waals surface area (Å²) in [6.45, 7) is 2.28. The summed E-state index contributed by atoms with van der Waals surface area (Å²) in [6, 6.07) is 1.63. The maximum absolute atomic E-state index is 11.7. The van der Waals surface area contributed by atoms with E-state index in [1.54, 1.807) is 13.0 Å². The molecule has 1 N–H and O–H groups in total. The molecule has 1 amide bonds. The number of aromatic nitrogens is 2. The van der Waals surface area contributed by atoms with Gasteiger partial charge in [0.1, 0.15) is 5.82 Å². The number of carbonyl (C=O) groups is 2. The van der Waals surface area contributed by atoms with E-state index in [0.717, 1.165) is 12.8 Å². The fourth-order valence-corrected chi connectivity index (χ4v) is 1.83. The van der Waals surface area contributed by atoms with E-state index in [9.17, 15) is 9.59 Å². The molecule has 1 fully saturated rings. The summed E-state index contributed by atoms with van der Waals surface area (Å²) in [5.41, 5.74) is 0.547. The van der Waals surface area contributed by atoms with Crippen molar-refractivity contribution in [3.63, 3.8) is 0 Å². The number of aromatic carboxylic acids is 1. The van der Waals surface area contributed by atoms with Gasteiger partial charge in [-0.2, -0.15) is 0 Å². The standard InChI is InChI=1S/C11H13N3O3/c1-7-6-8(13-10(12-7)11(16)17)14-5-3-2-4-9(14)15/h6H,2-5H2,1H3,(H,16,17). The van der Waals surface area contributed by atoms with E-state index in [0.29, 0.717) is 24.5 Å². The molecule has 0 spiro atoms. The zero-order chi connectivity index (χ0) is 12.4. The van der Waals surface area contributed by atoms with Gasteiger partial charge in [0.25, 0.3) is 0 Å². The molecule has 0 saturated carbocycles. The van der Waals surface area contributed by atoms with E-state index < -0.39 is 5.97 Å². The molecule has 1 aliphatic rings. The number of hydrogen-bond acceptors (Lipinski definition) is 4. The molecule has 90 valence electrons. The zero-order valence-electron chi connectivity index (χ0n) is 9.51. The predicted octanol–water partition coefficient (Wildman–Crippen LogP) is 1.00. The van der Waals surface area contributed by atoms with E-state index in [4.69, 9.17) is 5.11 Å². The van der Waals surface area contributed by atoms with Gasteiger partial charge in [0.2, 0.25) is 11.7 Å². The van der Waals surface area contributed by atoms with Crippen molar-refractivity contribution in [2.45, 2.75) is 26.2 Å². The Kier molecular flexibility index (Phi) is 3.03. The second-order valence-electron chi connectivity index (χ2n) is 4.00. The number of aryl methyl sites for hydroxylation is 1. The average Bonchev–Trinajstić information content (AvgIpc) is 2.28. The van der Waals surface area contributed by atoms with Crippen LogP contribution < -0.4 is 4.90 Å². The number of hydrogen-bond donors (Lipinski definition) is 1. The molecule has 0 aliphatic carbocycles. The Hall–Kier alpha value is -1.98. The smallest absolute Gasteiger partial charge is 0.374 e. The van der Waals surface area contributed by atoms with Crippen LogP contribution in [0.25, 0.3) is 0 Å². The number of carboxylic acid groups (broad SMARTS) is 1. The second kappa shape index (κ2) is 4.48. The third kappa shape index (κ3) is 2.41. The molecule has 6 heteroatoms. The first-order chi connectivity index (χ1) is 8.08. The molecule has 0 aromatic carbocycles. The molecule has 1 aromatic heterocycles. The summed E-state index contributed by atoms with van der Waals surface area (Å²) in [4.78, 5) is 31.8. The Morgan fingerprint density at radius 2 is 2.18 bits per heavy atom. The number of carboxylic acids is 1. The highest BCUT2D eigenvalue weighted by molar-refractivity contribution is 5.93. The number of nitrogens with zero attached hydrogens (tertiary/aromatic N) is 3. The van der Waals surface area contributed by atoms with Crippen LogP contribution in [0.5, 0.6) is 0 Å². The van der Waals surface area contributed by atoms with Crippen LogP contribution in [-0.2, 0) is 4.79 Å². The van der Waals surface area contributed by atoms with Gasteiger partial charge in [-0.05, 0) is 19.8 Å². The summed E-state index contributed by atoms with van der Waals surface area (Å²) < 4.78 is 0. The van der Waals surface area contributed by atoms with Gasteiger partial charge < -0.3 is 5.11 Å². The second-order valence-corrected chi connectivity index (χ2v) is 4.00. The predicted molar refractivity (Wildman–Crippen MR) is 59.9 cm³/mol. The Labute approximate surface area is 98.3 Å². The van der Waals surface area contributed by atoms with Crippen LogP contribution in [0.4, 0.5) is 5.82 Å². The molecule has 0 atom stereocenters. The van der Waals surface area contributed by atoms with Crippen LogP contribution in [0.1, 0.15) is 35.6 Å². The Morgan fingerprint density at radius 3 is 2.82 bits per heavy atom. The van der Waals surface area contributed by atoms with Gasteiger partial charge in [-0.25, -0.2) is 14.8 Å². The van der Waals surface area contributed by atoms with E-state index in [1.807, 2.05) is 0 Å². The van der Waals surface area contributed by atoms with Crippen molar-refractivity contribution >= 4 is 17.7 Å². The van der Waals surface area contributed by atoms with Crippen LogP contribution in [0, 0.1) is 6.92 Å². The van der Waals surface area contributed by atoms with E-state index >= 15 is 0 Å². The van der Waals surface area contributed by atoms with Gasteiger partial charge in [0.15, 0.2) is 0 Å². The molecule has 6 nitrogen and oxygen atoms in total. The van der Waals surface area contributed by atoms with Gasteiger partial charge >= 0.3 is 5.97 Å². The molecule has 0 bridgehead atoms. The average molecular weight is 235 g/mol. The zero-order valence-corrected chi connectivity index (χ0v) is 9.51. The maximum Gasteiger partial charge on any atom is 0.374 e. The minimum atomic E-state index is -1.18. The highest BCUT2D eigenvalue weighted by Gasteiger charge is 2.22. The maximum atomic E-state index is 11.7. The molecular formula is C11H13N3O3. The summed E-state index contributed by atoms with van der Waals surface area (Å²) in [5, 5.41) is 8.87. The van der Waals surface area contributed by atoms with Gasteiger partial charge in [0.05, 0.1) is 0 Å². The van der Waals surface area contributed by atoms with Gasteiger partial charge in [-0.1, -0.05) is 0 Å². The van der Waals surface area contributed by atoms with Crippen LogP contribution in [-0.4, -0.2) is 33.5 Å². The summed E-state index contributed by atoms with van der Waals surface area (Å²) in [6.07, 6.45) is 2.29. The van der Waals surface area contributed by atoms with Gasteiger partial charge in [0, 0.05) is 24.7 Å². The molecule has 1 aromatic rings. The summed E-state index contributed by atoms with van der Waals surface area (Å²) >= 11 is 0. The van der Waals surface area contributed by atoms with Crippen molar-refractivity contribution in [1.29, 1.82) is 0 Å². The lowest BCUT2D eigenvalue weighted by atomic mass is 10.1. The largest absolute Gasteiger partial charge is 0.475 e. The SMILES string of the molecule is Cc1cc(N2CCCCC2=O)nc(C(=O)O)n1. The van der Waals surface area contributed by atoms with Crippen molar-refractivity contribution in [1.82, 2.24) is 9.97 Å². The highest BCUT2D eigenvalue weighted by Crippen LogP contribution is 2.19. The summed E-state index contributed by atoms with van der Waals surface area (Å²) in [7, 11) is 0. The summed E-state index contributed by atoms with van der Waals surface area (Å²) in [5.74, 6) is -1.07. The van der Waals surface area contributed by atoms with E-state index in [1.165, 1.54) is 4.90 Å². The molecule has 1 aliphatic heterocycles. The molecule has 0 radical (unpaired) electrons. The fraction of sp³-hybridized carbons (Fsp3) is 0.455. The number of carbonyl (C=O) groups excluding carboxylic acids is 1. The first kappa shape index (κ1) is 11.5. The van der Waals surface area contributed by atoms with Crippen molar-refractivity contribution in [3.05, 3.63) is 17.6 Å². The molecule has 2 rings (SSSR count). The minimum Gasteiger partial charge on any atom is -0.475 e. The monoisotopic (exact) mass is 235 g/mol. The minimum absolute atomic E-state index is 0.00862. The lowest BCUT2D eigenvalue weighted by molar-refractivity contribution is -0.119. The Morgan fingerprint density at radius 1 is 1.41 bits per heavy atom. The third-order valence-corrected chi connectivity index (χ3v) is 2.63. The fourth-order valence-electron chi connectivity index (χ4n) is 1.83. The molecule has 2 heterocycles. The van der Waals surface area contributed by atoms with Crippen LogP contribution in [0.2, 0.25) is 0 Å². The molecule has 0 unspecified atom stereocenters. The van der Waals surface area contributed by atoms with Crippen molar-refractivity contribution in [2.24, 2.45) is 0 Å². The van der Waals surface area contributed by atoms with Gasteiger partial charge in [-0.3, -0.25) is 9.69 Å². The van der Waals surface area contributed by atoms with E-state index in [-0.39, 0.29) is 11.7 Å². The van der Waals surface area contributed by atoms with Crippen molar-refractivity contribution in [2.75, 3.05) is 11.4 Å². The van der Waals surface area contributed by atoms with Crippen molar-refractivity contribution in [3.8, 4) is 0 Å².